The molecule has 174 valence electrons. The van der Waals surface area contributed by atoms with E-state index in [0.717, 1.165) is 66.7 Å². The summed E-state index contributed by atoms with van der Waals surface area (Å²) in [6, 6.07) is 22.2. The van der Waals surface area contributed by atoms with Crippen molar-refractivity contribution >= 4 is 45.0 Å². The number of nitrogen functional groups attached to an aromatic ring is 1. The van der Waals surface area contributed by atoms with Crippen LogP contribution in [0.2, 0.25) is 5.02 Å². The number of pyridine rings is 1. The van der Waals surface area contributed by atoms with Crippen molar-refractivity contribution in [2.24, 2.45) is 11.5 Å². The second-order valence-corrected chi connectivity index (χ2v) is 9.25. The van der Waals surface area contributed by atoms with Gasteiger partial charge in [-0.15, -0.1) is 0 Å². The Morgan fingerprint density at radius 1 is 0.914 bits per heavy atom. The molecule has 6 rings (SSSR count). The second kappa shape index (κ2) is 8.13. The normalized spacial score (nSPS) is 11.8. The number of aromatic nitrogens is 3. The van der Waals surface area contributed by atoms with E-state index < -0.39 is 0 Å². The molecule has 0 fully saturated rings. The predicted octanol–water partition coefficient (Wildman–Crippen LogP) is 5.76. The zero-order valence-electron chi connectivity index (χ0n) is 19.3. The highest BCUT2D eigenvalue weighted by atomic mass is 35.5. The monoisotopic (exact) mass is 480 g/mol. The Bertz CT molecular complexity index is 1740. The van der Waals surface area contributed by atoms with Crippen LogP contribution in [0.5, 0.6) is 0 Å². The average molecular weight is 481 g/mol. The number of nitrogens with one attached hydrogen (secondary N) is 1. The number of hydrogen-bond acceptors (Lipinski definition) is 4. The van der Waals surface area contributed by atoms with Gasteiger partial charge in [0, 0.05) is 51.3 Å². The van der Waals surface area contributed by atoms with Crippen molar-refractivity contribution in [2.45, 2.75) is 20.0 Å². The van der Waals surface area contributed by atoms with E-state index in [4.69, 9.17) is 33.8 Å². The van der Waals surface area contributed by atoms with Gasteiger partial charge < -0.3 is 22.2 Å². The second-order valence-electron chi connectivity index (χ2n) is 8.82. The first-order valence-corrected chi connectivity index (χ1v) is 11.9. The Morgan fingerprint density at radius 2 is 1.66 bits per heavy atom. The smallest absolute Gasteiger partial charge is 0.144 e. The minimum absolute atomic E-state index is 0.259. The summed E-state index contributed by atoms with van der Waals surface area (Å²) >= 11 is 6.20. The van der Waals surface area contributed by atoms with Crippen LogP contribution in [0.25, 0.3) is 50.0 Å². The maximum Gasteiger partial charge on any atom is 0.144 e. The molecular weight excluding hydrogens is 456 g/mol. The Hall–Kier alpha value is -3.84. The van der Waals surface area contributed by atoms with E-state index in [1.807, 2.05) is 46.9 Å². The van der Waals surface area contributed by atoms with Crippen molar-refractivity contribution < 1.29 is 0 Å². The number of anilines is 1. The molecule has 6 nitrogen and oxygen atoms in total. The van der Waals surface area contributed by atoms with E-state index in [0.29, 0.717) is 10.8 Å². The molecule has 0 bridgehead atoms. The number of aryl methyl sites for hydroxylation is 1. The molecule has 0 atom stereocenters. The molecule has 0 aliphatic rings. The van der Waals surface area contributed by atoms with Gasteiger partial charge in [-0.2, -0.15) is 0 Å². The minimum Gasteiger partial charge on any atom is -0.384 e. The molecule has 3 aromatic carbocycles. The number of para-hydroxylation sites is 1. The molecule has 0 saturated carbocycles. The average Bonchev–Trinajstić information content (AvgIpc) is 3.42. The van der Waals surface area contributed by atoms with E-state index in [2.05, 4.69) is 36.2 Å². The third-order valence-corrected chi connectivity index (χ3v) is 6.98. The van der Waals surface area contributed by atoms with Crippen LogP contribution < -0.4 is 17.2 Å². The molecule has 6 aromatic rings. The summed E-state index contributed by atoms with van der Waals surface area (Å²) in [5.74, 6) is 0.577. The molecule has 35 heavy (non-hydrogen) atoms. The van der Waals surface area contributed by atoms with Gasteiger partial charge in [0.1, 0.15) is 11.5 Å². The first kappa shape index (κ1) is 21.7. The van der Waals surface area contributed by atoms with Crippen LogP contribution in [0.15, 0.2) is 66.7 Å². The van der Waals surface area contributed by atoms with Crippen molar-refractivity contribution in [3.63, 3.8) is 0 Å². The van der Waals surface area contributed by atoms with E-state index >= 15 is 0 Å². The lowest BCUT2D eigenvalue weighted by Crippen LogP contribution is -2.14. The Kier molecular flexibility index (Phi) is 5.04. The minimum atomic E-state index is 0.259. The summed E-state index contributed by atoms with van der Waals surface area (Å²) in [4.78, 5) is 8.59. The first-order valence-electron chi connectivity index (χ1n) is 11.5. The fourth-order valence-corrected chi connectivity index (χ4v) is 5.26. The first-order chi connectivity index (χ1) is 17.0. The lowest BCUT2D eigenvalue weighted by molar-refractivity contribution is 1.00. The van der Waals surface area contributed by atoms with Crippen molar-refractivity contribution in [3.05, 3.63) is 88.4 Å². The number of fused-ring (bicyclic) bond motifs is 4. The number of rotatable bonds is 4. The molecular formula is C28H25ClN6. The number of benzene rings is 3. The summed E-state index contributed by atoms with van der Waals surface area (Å²) < 4.78 is 1.99. The Labute approximate surface area is 207 Å². The molecule has 7 N–H and O–H groups in total. The molecule has 0 spiro atoms. The van der Waals surface area contributed by atoms with Crippen LogP contribution in [0.4, 0.5) is 5.82 Å². The van der Waals surface area contributed by atoms with Crippen LogP contribution in [-0.2, 0) is 13.1 Å². The van der Waals surface area contributed by atoms with Crippen molar-refractivity contribution in [3.8, 4) is 22.4 Å². The Morgan fingerprint density at radius 3 is 2.40 bits per heavy atom. The topological polar surface area (TPSA) is 111 Å². The van der Waals surface area contributed by atoms with Crippen LogP contribution in [-0.4, -0.2) is 14.4 Å². The number of nitrogens with two attached hydrogens (primary N) is 3. The highest BCUT2D eigenvalue weighted by Crippen LogP contribution is 2.44. The van der Waals surface area contributed by atoms with E-state index in [-0.39, 0.29) is 13.1 Å². The molecule has 3 aromatic heterocycles. The summed E-state index contributed by atoms with van der Waals surface area (Å²) in [6.45, 7) is 2.60. The van der Waals surface area contributed by atoms with Crippen LogP contribution in [0, 0.1) is 6.92 Å². The van der Waals surface area contributed by atoms with Crippen molar-refractivity contribution in [1.29, 1.82) is 0 Å². The quantitative estimate of drug-likeness (QED) is 0.257. The van der Waals surface area contributed by atoms with Gasteiger partial charge in [0.25, 0.3) is 0 Å². The third-order valence-electron chi connectivity index (χ3n) is 6.73. The molecule has 0 saturated heterocycles. The number of H-pyrrole nitrogens is 1. The van der Waals surface area contributed by atoms with Crippen LogP contribution in [0.3, 0.4) is 0 Å². The number of nitrogens with zero attached hydrogens (tertiary/aromatic N) is 2. The van der Waals surface area contributed by atoms with Gasteiger partial charge in [-0.25, -0.2) is 4.98 Å². The molecule has 0 amide bonds. The van der Waals surface area contributed by atoms with Gasteiger partial charge >= 0.3 is 0 Å². The lowest BCUT2D eigenvalue weighted by Gasteiger charge is -2.19. The van der Waals surface area contributed by atoms with E-state index in [1.54, 1.807) is 0 Å². The summed E-state index contributed by atoms with van der Waals surface area (Å²) in [5, 5.41) is 1.75. The van der Waals surface area contributed by atoms with Crippen LogP contribution in [0.1, 0.15) is 16.7 Å². The standard InChI is InChI=1S/C28H25ClN6/c1-15-6-11-23-22(12-15)34-28-20(14-31)24(19(13-30)27(32)35(23)28)25-18-4-2-3-5-21(18)33-26(25)16-7-9-17(29)10-8-16/h2-12,33H,13-14,30-32H2,1H3. The molecule has 0 unspecified atom stereocenters. The fourth-order valence-electron chi connectivity index (χ4n) is 5.13. The number of imidazole rings is 1. The summed E-state index contributed by atoms with van der Waals surface area (Å²) in [5.41, 5.74) is 30.1. The van der Waals surface area contributed by atoms with E-state index in [9.17, 15) is 0 Å². The predicted molar refractivity (Wildman–Crippen MR) is 145 cm³/mol. The highest BCUT2D eigenvalue weighted by molar-refractivity contribution is 6.30. The number of aromatic amines is 1. The summed E-state index contributed by atoms with van der Waals surface area (Å²) in [7, 11) is 0. The van der Waals surface area contributed by atoms with Gasteiger partial charge in [0.15, 0.2) is 0 Å². The zero-order valence-corrected chi connectivity index (χ0v) is 20.0. The highest BCUT2D eigenvalue weighted by Gasteiger charge is 2.25. The molecule has 7 heteroatoms. The fraction of sp³-hybridized carbons (Fsp3) is 0.107. The lowest BCUT2D eigenvalue weighted by atomic mass is 9.91. The molecule has 0 aliphatic carbocycles. The number of hydrogen-bond donors (Lipinski definition) is 4. The van der Waals surface area contributed by atoms with Crippen molar-refractivity contribution in [2.75, 3.05) is 5.73 Å². The molecule has 0 aliphatic heterocycles. The van der Waals surface area contributed by atoms with Gasteiger partial charge in [0.05, 0.1) is 16.7 Å². The van der Waals surface area contributed by atoms with E-state index in [1.165, 1.54) is 0 Å². The molecule has 3 heterocycles. The summed E-state index contributed by atoms with van der Waals surface area (Å²) in [6.07, 6.45) is 0. The maximum atomic E-state index is 6.84. The maximum absolute atomic E-state index is 6.84. The van der Waals surface area contributed by atoms with Gasteiger partial charge in [-0.1, -0.05) is 48.0 Å². The van der Waals surface area contributed by atoms with Crippen molar-refractivity contribution in [1.82, 2.24) is 14.4 Å². The Balaban J connectivity index is 1.80. The number of halogens is 1. The van der Waals surface area contributed by atoms with Crippen LogP contribution >= 0.6 is 11.6 Å². The molecule has 0 radical (unpaired) electrons. The van der Waals surface area contributed by atoms with Gasteiger partial charge in [-0.3, -0.25) is 4.40 Å². The SMILES string of the molecule is Cc1ccc2c(c1)nc1c(CN)c(-c3c(-c4ccc(Cl)cc4)[nH]c4ccccc34)c(CN)c(N)n12. The van der Waals surface area contributed by atoms with Gasteiger partial charge in [0.2, 0.25) is 0 Å². The third kappa shape index (κ3) is 3.22. The van der Waals surface area contributed by atoms with Gasteiger partial charge in [-0.05, 0) is 48.4 Å². The largest absolute Gasteiger partial charge is 0.384 e. The zero-order chi connectivity index (χ0) is 24.3.